The van der Waals surface area contributed by atoms with Crippen molar-refractivity contribution in [1.82, 2.24) is 9.46 Å². The zero-order valence-electron chi connectivity index (χ0n) is 19.4. The van der Waals surface area contributed by atoms with Gasteiger partial charge in [-0.15, -0.1) is 0 Å². The number of nitrogens with zero attached hydrogens (tertiary/aromatic N) is 5. The van der Waals surface area contributed by atoms with Crippen molar-refractivity contribution in [1.29, 1.82) is 15.8 Å². The molecule has 4 aromatic rings. The first-order valence-electron chi connectivity index (χ1n) is 10.4. The van der Waals surface area contributed by atoms with E-state index in [0.29, 0.717) is 41.0 Å². The van der Waals surface area contributed by atoms with E-state index >= 15 is 0 Å². The summed E-state index contributed by atoms with van der Waals surface area (Å²) in [6, 6.07) is 18.0. The van der Waals surface area contributed by atoms with Crippen molar-refractivity contribution >= 4 is 89.9 Å². The number of hydrogen-bond acceptors (Lipinski definition) is 5. The Morgan fingerprint density at radius 1 is 0.795 bits per heavy atom. The van der Waals surface area contributed by atoms with Gasteiger partial charge in [-0.2, -0.15) is 25.2 Å². The van der Waals surface area contributed by atoms with Crippen LogP contribution in [0, 0.1) is 34.0 Å². The highest BCUT2D eigenvalue weighted by atomic mass is 79.9. The van der Waals surface area contributed by atoms with Gasteiger partial charge in [0.2, 0.25) is 6.61 Å². The second-order valence-corrected chi connectivity index (χ2v) is 10.8. The van der Waals surface area contributed by atoms with Crippen LogP contribution in [0.4, 0.5) is 0 Å². The van der Waals surface area contributed by atoms with Crippen molar-refractivity contribution in [2.45, 2.75) is 0 Å². The molecule has 2 aromatic carbocycles. The van der Waals surface area contributed by atoms with Crippen LogP contribution in [0.1, 0.15) is 11.1 Å². The fourth-order valence-electron chi connectivity index (χ4n) is 3.33. The molecule has 0 unspecified atom stereocenters. The summed E-state index contributed by atoms with van der Waals surface area (Å²) in [5.74, 6) is 0. The zero-order chi connectivity index (χ0) is 28.9. The van der Waals surface area contributed by atoms with E-state index in [1.165, 1.54) is 7.11 Å². The molecule has 0 radical (unpaired) electrons. The van der Waals surface area contributed by atoms with Gasteiger partial charge in [0.1, 0.15) is 52.4 Å². The molecule has 0 fully saturated rings. The van der Waals surface area contributed by atoms with Crippen molar-refractivity contribution in [2.75, 3.05) is 13.7 Å². The third kappa shape index (κ3) is 6.46. The molecule has 14 heteroatoms. The van der Waals surface area contributed by atoms with Crippen LogP contribution in [0.2, 0.25) is 25.2 Å². The molecule has 0 N–H and O–H groups in total. The minimum Gasteiger partial charge on any atom is -0.416 e. The quantitative estimate of drug-likeness (QED) is 0.203. The van der Waals surface area contributed by atoms with E-state index in [0.717, 1.165) is 16.0 Å². The molecule has 0 aliphatic carbocycles. The third-order valence-electron chi connectivity index (χ3n) is 5.01. The highest BCUT2D eigenvalue weighted by molar-refractivity contribution is 9.11. The molecule has 0 aliphatic heterocycles. The van der Waals surface area contributed by atoms with E-state index in [2.05, 4.69) is 37.9 Å². The Balaban J connectivity index is 0.000000218. The van der Waals surface area contributed by atoms with Gasteiger partial charge >= 0.3 is 0 Å². The summed E-state index contributed by atoms with van der Waals surface area (Å²) < 4.78 is 3.93. The highest BCUT2D eigenvalue weighted by Gasteiger charge is 2.24. The van der Waals surface area contributed by atoms with E-state index in [9.17, 15) is 5.26 Å². The molecule has 198 valence electrons. The second-order valence-electron chi connectivity index (χ2n) is 7.22. The van der Waals surface area contributed by atoms with Crippen LogP contribution < -0.4 is 9.68 Å². The van der Waals surface area contributed by atoms with Gasteiger partial charge in [-0.05, 0) is 56.1 Å². The molecule has 2 aromatic heterocycles. The van der Waals surface area contributed by atoms with Gasteiger partial charge in [0.25, 0.3) is 0 Å². The lowest BCUT2D eigenvalue weighted by Crippen LogP contribution is -2.13. The SMILES string of the molecule is COn1c(Br)c(C#N)c(Br)c1-c1ccc(Cl)cc1.N#CCOn1c(Cl)c(Cl)c(C#N)c1-c1ccc(Cl)c(Cl)c1. The number of benzene rings is 2. The van der Waals surface area contributed by atoms with Crippen LogP contribution in [0.5, 0.6) is 0 Å². The number of halogens is 7. The lowest BCUT2D eigenvalue weighted by atomic mass is 10.1. The molecule has 4 rings (SSSR count). The lowest BCUT2D eigenvalue weighted by molar-refractivity contribution is 0.143. The van der Waals surface area contributed by atoms with Gasteiger partial charge in [-0.1, -0.05) is 76.2 Å². The number of nitriles is 3. The predicted octanol–water partition coefficient (Wildman–Crippen LogP) is 8.86. The molecule has 0 aliphatic rings. The van der Waals surface area contributed by atoms with Crippen LogP contribution in [-0.2, 0) is 0 Å². The normalized spacial score (nSPS) is 10.1. The molecular formula is C25H12Br2Cl5N5O2. The van der Waals surface area contributed by atoms with Crippen molar-refractivity contribution in [3.63, 3.8) is 0 Å². The first kappa shape index (κ1) is 31.0. The Hall–Kier alpha value is -2.52. The van der Waals surface area contributed by atoms with Crippen molar-refractivity contribution < 1.29 is 9.68 Å². The predicted molar refractivity (Wildman–Crippen MR) is 159 cm³/mol. The topological polar surface area (TPSA) is 99.7 Å². The number of aromatic nitrogens is 2. The monoisotopic (exact) mass is 747 g/mol. The average Bonchev–Trinajstić information content (AvgIpc) is 3.32. The van der Waals surface area contributed by atoms with E-state index in [4.69, 9.17) is 78.2 Å². The summed E-state index contributed by atoms with van der Waals surface area (Å²) in [4.78, 5) is 10.5. The molecule has 0 spiro atoms. The van der Waals surface area contributed by atoms with Gasteiger partial charge in [0, 0.05) is 16.1 Å². The number of rotatable bonds is 5. The van der Waals surface area contributed by atoms with Crippen molar-refractivity contribution in [2.24, 2.45) is 0 Å². The summed E-state index contributed by atoms with van der Waals surface area (Å²) >= 11 is 36.5. The molecule has 39 heavy (non-hydrogen) atoms. The molecule has 0 saturated carbocycles. The first-order chi connectivity index (χ1) is 18.6. The lowest BCUT2D eigenvalue weighted by Gasteiger charge is -2.10. The molecule has 0 bridgehead atoms. The first-order valence-corrected chi connectivity index (χ1v) is 13.8. The summed E-state index contributed by atoms with van der Waals surface area (Å²) in [5, 5.41) is 28.4. The third-order valence-corrected chi connectivity index (χ3v) is 8.30. The Morgan fingerprint density at radius 2 is 1.41 bits per heavy atom. The van der Waals surface area contributed by atoms with Crippen molar-refractivity contribution in [3.05, 3.63) is 87.9 Å². The van der Waals surface area contributed by atoms with Gasteiger partial charge in [-0.3, -0.25) is 0 Å². The Kier molecular flexibility index (Phi) is 10.9. The van der Waals surface area contributed by atoms with Gasteiger partial charge in [0.15, 0.2) is 5.15 Å². The largest absolute Gasteiger partial charge is 0.416 e. The van der Waals surface area contributed by atoms with Gasteiger partial charge < -0.3 is 9.68 Å². The maximum atomic E-state index is 9.26. The van der Waals surface area contributed by atoms with E-state index in [1.807, 2.05) is 24.3 Å². The Morgan fingerprint density at radius 3 is 1.95 bits per heavy atom. The minimum atomic E-state index is -0.260. The molecule has 7 nitrogen and oxygen atoms in total. The Bertz CT molecular complexity index is 1660. The van der Waals surface area contributed by atoms with Crippen LogP contribution in [-0.4, -0.2) is 23.2 Å². The maximum absolute atomic E-state index is 9.26. The molecular weight excluding hydrogens is 739 g/mol. The van der Waals surface area contributed by atoms with Crippen LogP contribution in [0.25, 0.3) is 22.5 Å². The second kappa shape index (κ2) is 13.7. The summed E-state index contributed by atoms with van der Waals surface area (Å²) in [6.45, 7) is -0.260. The summed E-state index contributed by atoms with van der Waals surface area (Å²) in [6.07, 6.45) is 0. The molecule has 0 amide bonds. The van der Waals surface area contributed by atoms with Crippen LogP contribution in [0.3, 0.4) is 0 Å². The minimum absolute atomic E-state index is 0.00420. The highest BCUT2D eigenvalue weighted by Crippen LogP contribution is 2.39. The van der Waals surface area contributed by atoms with Gasteiger partial charge in [-0.25, -0.2) is 0 Å². The molecule has 0 atom stereocenters. The fraction of sp³-hybridized carbons (Fsp3) is 0.0800. The maximum Gasteiger partial charge on any atom is 0.200 e. The number of hydrogen-bond donors (Lipinski definition) is 0. The van der Waals surface area contributed by atoms with E-state index < -0.39 is 0 Å². The smallest absolute Gasteiger partial charge is 0.200 e. The summed E-state index contributed by atoms with van der Waals surface area (Å²) in [5.41, 5.74) is 3.11. The van der Waals surface area contributed by atoms with Crippen molar-refractivity contribution in [3.8, 4) is 40.7 Å². The summed E-state index contributed by atoms with van der Waals surface area (Å²) in [7, 11) is 1.54. The Labute approximate surface area is 265 Å². The average molecular weight is 751 g/mol. The standard InChI is InChI=1S/C13H5Cl4N3O.C12H7Br2ClN2O/c14-9-2-1-7(5-10(9)15)12-8(6-19)11(16)13(17)20(12)21-4-3-18;1-18-17-11(7-2-4-8(15)5-3-7)10(13)9(6-16)12(17)14/h1-2,5H,4H2;2-5H,1H3. The van der Waals surface area contributed by atoms with Crippen LogP contribution >= 0.6 is 89.9 Å². The van der Waals surface area contributed by atoms with E-state index in [1.54, 1.807) is 35.1 Å². The fourth-order valence-corrected chi connectivity index (χ4v) is 5.74. The van der Waals surface area contributed by atoms with Gasteiger partial charge in [0.05, 0.1) is 19.5 Å². The molecule has 2 heterocycles. The zero-order valence-corrected chi connectivity index (χ0v) is 26.4. The molecule has 0 saturated heterocycles. The van der Waals surface area contributed by atoms with E-state index in [-0.39, 0.29) is 22.3 Å². The van der Waals surface area contributed by atoms with Crippen LogP contribution in [0.15, 0.2) is 51.5 Å².